The van der Waals surface area contributed by atoms with Crippen LogP contribution in [-0.2, 0) is 5.54 Å². The molecule has 23 heavy (non-hydrogen) atoms. The molecule has 2 heterocycles. The maximum absolute atomic E-state index is 5.69. The maximum atomic E-state index is 5.69. The number of thiazole rings is 1. The van der Waals surface area contributed by atoms with Crippen molar-refractivity contribution in [3.8, 4) is 10.7 Å². The van der Waals surface area contributed by atoms with Crippen LogP contribution in [0.5, 0.6) is 0 Å². The smallest absolute Gasteiger partial charge is 0.195 e. The fourth-order valence-electron chi connectivity index (χ4n) is 5.97. The Kier molecular flexibility index (Phi) is 2.97. The van der Waals surface area contributed by atoms with E-state index in [1.807, 2.05) is 0 Å². The van der Waals surface area contributed by atoms with E-state index in [1.54, 1.807) is 11.3 Å². The van der Waals surface area contributed by atoms with Crippen molar-refractivity contribution in [2.45, 2.75) is 57.9 Å². The lowest BCUT2D eigenvalue weighted by Crippen LogP contribution is -2.52. The van der Waals surface area contributed by atoms with E-state index in [1.165, 1.54) is 43.4 Å². The van der Waals surface area contributed by atoms with Gasteiger partial charge in [0, 0.05) is 5.54 Å². The average Bonchev–Trinajstić information content (AvgIpc) is 3.00. The van der Waals surface area contributed by atoms with E-state index in [4.69, 9.17) is 12.2 Å². The summed E-state index contributed by atoms with van der Waals surface area (Å²) in [6.07, 6.45) is 8.19. The molecule has 4 fully saturated rings. The highest BCUT2D eigenvalue weighted by Gasteiger charge is 2.53. The molecule has 0 radical (unpaired) electrons. The molecule has 0 amide bonds. The molecule has 4 nitrogen and oxygen atoms in total. The van der Waals surface area contributed by atoms with Crippen molar-refractivity contribution in [2.24, 2.45) is 17.8 Å². The summed E-state index contributed by atoms with van der Waals surface area (Å²) in [6, 6.07) is 0. The molecule has 122 valence electrons. The first-order chi connectivity index (χ1) is 11.0. The van der Waals surface area contributed by atoms with E-state index < -0.39 is 0 Å². The fourth-order valence-corrected chi connectivity index (χ4v) is 7.19. The molecule has 0 aromatic carbocycles. The van der Waals surface area contributed by atoms with Crippen LogP contribution in [0.15, 0.2) is 0 Å². The van der Waals surface area contributed by atoms with Gasteiger partial charge in [-0.05, 0) is 82.3 Å². The Balaban J connectivity index is 1.68. The van der Waals surface area contributed by atoms with Gasteiger partial charge in [-0.2, -0.15) is 5.10 Å². The van der Waals surface area contributed by atoms with Crippen molar-refractivity contribution >= 4 is 23.6 Å². The first-order valence-electron chi connectivity index (χ1n) is 8.66. The standard InChI is InChI=1S/C17H22N4S2/c1-9-14(23-10(2)18-9)15-19-20-16(22)21(15)17-6-11-3-12(7-17)5-13(4-11)8-17/h11-13H,3-8H2,1-2H3,(H,20,22). The van der Waals surface area contributed by atoms with E-state index in [-0.39, 0.29) is 5.54 Å². The minimum Gasteiger partial charge on any atom is -0.293 e. The minimum atomic E-state index is 0.207. The molecule has 6 rings (SSSR count). The van der Waals surface area contributed by atoms with Crippen molar-refractivity contribution in [1.29, 1.82) is 0 Å². The Morgan fingerprint density at radius 3 is 2.26 bits per heavy atom. The lowest BCUT2D eigenvalue weighted by Gasteiger charge is -2.57. The summed E-state index contributed by atoms with van der Waals surface area (Å²) < 4.78 is 3.19. The molecule has 2 aromatic rings. The third kappa shape index (κ3) is 2.03. The van der Waals surface area contributed by atoms with Crippen LogP contribution in [0.4, 0.5) is 0 Å². The molecule has 1 N–H and O–H groups in total. The van der Waals surface area contributed by atoms with E-state index in [9.17, 15) is 0 Å². The number of rotatable bonds is 2. The molecule has 2 aromatic heterocycles. The highest BCUT2D eigenvalue weighted by Crippen LogP contribution is 2.59. The first kappa shape index (κ1) is 14.3. The zero-order valence-electron chi connectivity index (χ0n) is 13.6. The van der Waals surface area contributed by atoms with Crippen LogP contribution in [0.25, 0.3) is 10.7 Å². The van der Waals surface area contributed by atoms with Gasteiger partial charge in [-0.25, -0.2) is 4.98 Å². The second-order valence-corrected chi connectivity index (χ2v) is 9.57. The Bertz CT molecular complexity index is 793. The molecule has 0 spiro atoms. The summed E-state index contributed by atoms with van der Waals surface area (Å²) >= 11 is 7.43. The van der Waals surface area contributed by atoms with Gasteiger partial charge in [0.2, 0.25) is 0 Å². The van der Waals surface area contributed by atoms with E-state index in [0.29, 0.717) is 0 Å². The van der Waals surface area contributed by atoms with E-state index in [0.717, 1.165) is 39.1 Å². The Morgan fingerprint density at radius 1 is 1.13 bits per heavy atom. The molecular formula is C17H22N4S2. The van der Waals surface area contributed by atoms with Gasteiger partial charge in [0.25, 0.3) is 0 Å². The summed E-state index contributed by atoms with van der Waals surface area (Å²) in [6.45, 7) is 4.15. The van der Waals surface area contributed by atoms with Crippen molar-refractivity contribution < 1.29 is 0 Å². The summed E-state index contributed by atoms with van der Waals surface area (Å²) in [5, 5.41) is 8.83. The molecule has 0 saturated heterocycles. The third-order valence-corrected chi connectivity index (χ3v) is 7.60. The van der Waals surface area contributed by atoms with Crippen LogP contribution in [0.1, 0.15) is 49.2 Å². The van der Waals surface area contributed by atoms with Gasteiger partial charge in [-0.1, -0.05) is 0 Å². The maximum Gasteiger partial charge on any atom is 0.195 e. The highest BCUT2D eigenvalue weighted by atomic mass is 32.1. The Morgan fingerprint density at radius 2 is 1.74 bits per heavy atom. The first-order valence-corrected chi connectivity index (χ1v) is 9.89. The van der Waals surface area contributed by atoms with E-state index in [2.05, 4.69) is 33.6 Å². The summed E-state index contributed by atoms with van der Waals surface area (Å²) in [5.74, 6) is 3.72. The molecule has 4 aliphatic carbocycles. The molecule has 4 bridgehead atoms. The van der Waals surface area contributed by atoms with Crippen LogP contribution >= 0.6 is 23.6 Å². The molecule has 6 heteroatoms. The predicted molar refractivity (Wildman–Crippen MR) is 94.1 cm³/mol. The van der Waals surface area contributed by atoms with Gasteiger partial charge in [0.15, 0.2) is 10.6 Å². The van der Waals surface area contributed by atoms with Gasteiger partial charge in [0.05, 0.1) is 15.6 Å². The normalized spacial score (nSPS) is 35.1. The number of hydrogen-bond donors (Lipinski definition) is 1. The van der Waals surface area contributed by atoms with Crippen molar-refractivity contribution in [3.63, 3.8) is 0 Å². The molecule has 0 aliphatic heterocycles. The Hall–Kier alpha value is -1.01. The predicted octanol–water partition coefficient (Wildman–Crippen LogP) is 4.61. The van der Waals surface area contributed by atoms with Gasteiger partial charge in [0.1, 0.15) is 0 Å². The van der Waals surface area contributed by atoms with Gasteiger partial charge >= 0.3 is 0 Å². The average molecular weight is 347 g/mol. The quantitative estimate of drug-likeness (QED) is 0.808. The largest absolute Gasteiger partial charge is 0.293 e. The van der Waals surface area contributed by atoms with Gasteiger partial charge < -0.3 is 0 Å². The van der Waals surface area contributed by atoms with E-state index >= 15 is 0 Å². The number of aromatic amines is 1. The number of H-pyrrole nitrogens is 1. The second-order valence-electron chi connectivity index (χ2n) is 7.98. The summed E-state index contributed by atoms with van der Waals surface area (Å²) in [4.78, 5) is 5.79. The lowest BCUT2D eigenvalue weighted by molar-refractivity contribution is -0.0430. The topological polar surface area (TPSA) is 46.5 Å². The number of nitrogens with zero attached hydrogens (tertiary/aromatic N) is 3. The highest BCUT2D eigenvalue weighted by molar-refractivity contribution is 7.71. The summed E-state index contributed by atoms with van der Waals surface area (Å²) in [5.41, 5.74) is 1.28. The van der Waals surface area contributed by atoms with Crippen molar-refractivity contribution in [1.82, 2.24) is 19.7 Å². The monoisotopic (exact) mass is 346 g/mol. The molecular weight excluding hydrogens is 324 g/mol. The SMILES string of the molecule is Cc1nc(C)c(-c2n[nH]c(=S)n2C23CC4CC(CC(C4)C2)C3)s1. The molecule has 0 unspecified atom stereocenters. The molecule has 4 aliphatic rings. The zero-order valence-corrected chi connectivity index (χ0v) is 15.3. The van der Waals surface area contributed by atoms with Gasteiger partial charge in [-0.3, -0.25) is 9.67 Å². The number of hydrogen-bond acceptors (Lipinski definition) is 4. The molecule has 4 saturated carbocycles. The summed E-state index contributed by atoms with van der Waals surface area (Å²) in [7, 11) is 0. The number of aromatic nitrogens is 4. The number of nitrogens with one attached hydrogen (secondary N) is 1. The van der Waals surface area contributed by atoms with Crippen LogP contribution in [0.2, 0.25) is 0 Å². The molecule has 0 atom stereocenters. The minimum absolute atomic E-state index is 0.207. The zero-order chi connectivity index (χ0) is 15.8. The Labute approximate surface area is 145 Å². The van der Waals surface area contributed by atoms with Crippen LogP contribution in [0, 0.1) is 36.4 Å². The van der Waals surface area contributed by atoms with Crippen LogP contribution in [0.3, 0.4) is 0 Å². The number of aryl methyl sites for hydroxylation is 2. The van der Waals surface area contributed by atoms with Crippen LogP contribution < -0.4 is 0 Å². The van der Waals surface area contributed by atoms with Gasteiger partial charge in [-0.15, -0.1) is 11.3 Å². The third-order valence-electron chi connectivity index (χ3n) is 6.26. The fraction of sp³-hybridized carbons (Fsp3) is 0.706. The van der Waals surface area contributed by atoms with Crippen molar-refractivity contribution in [2.75, 3.05) is 0 Å². The van der Waals surface area contributed by atoms with Crippen molar-refractivity contribution in [3.05, 3.63) is 15.5 Å². The van der Waals surface area contributed by atoms with Crippen LogP contribution in [-0.4, -0.2) is 19.7 Å². The second kappa shape index (κ2) is 4.76. The lowest BCUT2D eigenvalue weighted by atomic mass is 9.53.